The van der Waals surface area contributed by atoms with Crippen LogP contribution in [0.25, 0.3) is 0 Å². The summed E-state index contributed by atoms with van der Waals surface area (Å²) in [6, 6.07) is 0. The highest BCUT2D eigenvalue weighted by atomic mass is 35.5. The molecule has 104 valence electrons. The van der Waals surface area contributed by atoms with Crippen molar-refractivity contribution in [3.05, 3.63) is 10.4 Å². The molecule has 0 aromatic carbocycles. The van der Waals surface area contributed by atoms with Crippen molar-refractivity contribution in [3.63, 3.8) is 0 Å². The van der Waals surface area contributed by atoms with Crippen LogP contribution in [0.2, 0.25) is 0 Å². The molecule has 0 bridgehead atoms. The fourth-order valence-corrected chi connectivity index (χ4v) is 3.48. The lowest BCUT2D eigenvalue weighted by Gasteiger charge is -2.28. The molecule has 18 heavy (non-hydrogen) atoms. The second-order valence-electron chi connectivity index (χ2n) is 3.41. The Bertz CT molecular complexity index is 415. The van der Waals surface area contributed by atoms with Crippen LogP contribution in [0.15, 0.2) is 10.4 Å². The summed E-state index contributed by atoms with van der Waals surface area (Å²) in [5, 5.41) is 9.24. The fourth-order valence-electron chi connectivity index (χ4n) is 1.15. The molecule has 0 aromatic heterocycles. The van der Waals surface area contributed by atoms with E-state index in [0.717, 1.165) is 11.8 Å². The van der Waals surface area contributed by atoms with Crippen molar-refractivity contribution in [1.82, 2.24) is 5.06 Å². The maximum absolute atomic E-state index is 10.9. The first-order valence-electron chi connectivity index (χ1n) is 4.54. The second kappa shape index (κ2) is 6.11. The predicted molar refractivity (Wildman–Crippen MR) is 67.1 cm³/mol. The zero-order valence-corrected chi connectivity index (χ0v) is 12.0. The van der Waals surface area contributed by atoms with Gasteiger partial charge in [-0.1, -0.05) is 41.0 Å². The zero-order chi connectivity index (χ0) is 14.0. The highest BCUT2D eigenvalue weighted by Crippen LogP contribution is 2.49. The summed E-state index contributed by atoms with van der Waals surface area (Å²) in [7, 11) is -4.46. The fraction of sp³-hybridized carbons (Fsp3) is 0.571. The summed E-state index contributed by atoms with van der Waals surface area (Å²) < 4.78 is 9.85. The molecule has 0 fully saturated rings. The van der Waals surface area contributed by atoms with Gasteiger partial charge >= 0.3 is 13.6 Å². The Morgan fingerprint density at radius 1 is 1.67 bits per heavy atom. The molecular weight excluding hydrogens is 328 g/mol. The summed E-state index contributed by atoms with van der Waals surface area (Å²) >= 11 is 12.6. The summed E-state index contributed by atoms with van der Waals surface area (Å²) in [5.41, 5.74) is 0. The van der Waals surface area contributed by atoms with Gasteiger partial charge in [0.2, 0.25) is 4.39 Å². The van der Waals surface area contributed by atoms with E-state index in [1.165, 1.54) is 0 Å². The lowest BCUT2D eigenvalue weighted by molar-refractivity contribution is -0.185. The number of hydrogen-bond donors (Lipinski definition) is 3. The van der Waals surface area contributed by atoms with E-state index in [1.807, 2.05) is 0 Å². The molecule has 0 saturated heterocycles. The number of carboxylic acids is 1. The Morgan fingerprint density at radius 2 is 2.28 bits per heavy atom. The van der Waals surface area contributed by atoms with Crippen LogP contribution in [-0.2, 0) is 14.2 Å². The normalized spacial score (nSPS) is 24.4. The van der Waals surface area contributed by atoms with Gasteiger partial charge in [-0.2, -0.15) is 5.06 Å². The van der Waals surface area contributed by atoms with Crippen LogP contribution >= 0.6 is 42.6 Å². The van der Waals surface area contributed by atoms with Crippen LogP contribution in [-0.4, -0.2) is 43.1 Å². The number of carbonyl (C=O) groups is 1. The van der Waals surface area contributed by atoms with Crippen LogP contribution in [0.3, 0.4) is 0 Å². The van der Waals surface area contributed by atoms with Crippen molar-refractivity contribution in [2.45, 2.75) is 10.8 Å². The van der Waals surface area contributed by atoms with Gasteiger partial charge in [-0.25, -0.2) is 0 Å². The summed E-state index contributed by atoms with van der Waals surface area (Å²) in [6.07, 6.45) is 0.886. The Hall–Kier alpha value is 0.210. The molecule has 0 saturated carbocycles. The molecule has 0 amide bonds. The third-order valence-electron chi connectivity index (χ3n) is 1.68. The maximum atomic E-state index is 10.9. The number of nitrogens with zero attached hydrogens (tertiary/aromatic N) is 1. The van der Waals surface area contributed by atoms with Crippen molar-refractivity contribution in [2.24, 2.45) is 0 Å². The summed E-state index contributed by atoms with van der Waals surface area (Å²) in [5.74, 6) is -1.30. The first kappa shape index (κ1) is 16.3. The molecule has 1 heterocycles. The molecular formula is C7H10Cl2NO6PS. The quantitative estimate of drug-likeness (QED) is 0.380. The largest absolute Gasteiger partial charge is 0.480 e. The van der Waals surface area contributed by atoms with Gasteiger partial charge in [-0.05, 0) is 0 Å². The SMILES string of the molecule is O=C(O)CN(CP(=O)(O)O)OC1(Cl)CC=C(Cl)S1. The van der Waals surface area contributed by atoms with Crippen LogP contribution < -0.4 is 0 Å². The van der Waals surface area contributed by atoms with E-state index in [0.29, 0.717) is 9.43 Å². The highest BCUT2D eigenvalue weighted by Gasteiger charge is 2.38. The van der Waals surface area contributed by atoms with Crippen molar-refractivity contribution < 1.29 is 29.1 Å². The standard InChI is InChI=1S/C7H10Cl2NO6PS/c8-5-1-2-7(9,18-5)16-10(3-6(11)12)4-17(13,14)15/h1H,2-4H2,(H,11,12)(H2,13,14,15). The molecule has 7 nitrogen and oxygen atoms in total. The van der Waals surface area contributed by atoms with Gasteiger partial charge in [0.15, 0.2) is 0 Å². The van der Waals surface area contributed by atoms with Gasteiger partial charge in [-0.15, -0.1) is 0 Å². The maximum Gasteiger partial charge on any atom is 0.341 e. The number of aliphatic carboxylic acids is 1. The third kappa shape index (κ3) is 5.90. The second-order valence-corrected chi connectivity index (χ2v) is 7.79. The van der Waals surface area contributed by atoms with E-state index in [4.69, 9.17) is 42.9 Å². The summed E-state index contributed by atoms with van der Waals surface area (Å²) in [4.78, 5) is 33.3. The Labute approximate surface area is 117 Å². The molecule has 0 aromatic rings. The monoisotopic (exact) mass is 337 g/mol. The van der Waals surface area contributed by atoms with E-state index in [-0.39, 0.29) is 6.42 Å². The summed E-state index contributed by atoms with van der Waals surface area (Å²) in [6.45, 7) is -0.711. The zero-order valence-electron chi connectivity index (χ0n) is 8.82. The number of carboxylic acid groups (broad SMARTS) is 1. The van der Waals surface area contributed by atoms with Crippen LogP contribution in [0.1, 0.15) is 6.42 Å². The van der Waals surface area contributed by atoms with Crippen molar-refractivity contribution >= 4 is 48.5 Å². The van der Waals surface area contributed by atoms with E-state index >= 15 is 0 Å². The molecule has 11 heteroatoms. The van der Waals surface area contributed by atoms with E-state index < -0.39 is 30.8 Å². The number of rotatable bonds is 6. The molecule has 1 rings (SSSR count). The first-order valence-corrected chi connectivity index (χ1v) is 7.91. The Kier molecular flexibility index (Phi) is 5.52. The van der Waals surface area contributed by atoms with Gasteiger partial charge in [0.05, 0.1) is 4.36 Å². The number of hydroxylamine groups is 2. The smallest absolute Gasteiger partial charge is 0.341 e. The molecule has 0 radical (unpaired) electrons. The lowest BCUT2D eigenvalue weighted by Crippen LogP contribution is -2.37. The van der Waals surface area contributed by atoms with Crippen molar-refractivity contribution in [1.29, 1.82) is 0 Å². The van der Waals surface area contributed by atoms with Gasteiger partial charge in [0.25, 0.3) is 0 Å². The minimum absolute atomic E-state index is 0.190. The minimum Gasteiger partial charge on any atom is -0.480 e. The van der Waals surface area contributed by atoms with Gasteiger partial charge in [-0.3, -0.25) is 14.2 Å². The van der Waals surface area contributed by atoms with E-state index in [1.54, 1.807) is 6.08 Å². The molecule has 1 aliphatic heterocycles. The number of halogens is 2. The topological polar surface area (TPSA) is 107 Å². The average Bonchev–Trinajstić information content (AvgIpc) is 2.40. The molecule has 3 N–H and O–H groups in total. The number of hydrogen-bond acceptors (Lipinski definition) is 5. The predicted octanol–water partition coefficient (Wildman–Crippen LogP) is 1.55. The molecule has 0 spiro atoms. The molecule has 1 unspecified atom stereocenters. The molecule has 0 aliphatic carbocycles. The average molecular weight is 338 g/mol. The van der Waals surface area contributed by atoms with Crippen molar-refractivity contribution in [2.75, 3.05) is 12.8 Å². The first-order chi connectivity index (χ1) is 8.10. The Morgan fingerprint density at radius 3 is 2.67 bits per heavy atom. The molecule has 1 aliphatic rings. The van der Waals surface area contributed by atoms with Gasteiger partial charge < -0.3 is 14.9 Å². The number of thioether (sulfide) groups is 1. The van der Waals surface area contributed by atoms with Gasteiger partial charge in [0.1, 0.15) is 12.8 Å². The van der Waals surface area contributed by atoms with E-state index in [2.05, 4.69) is 0 Å². The Balaban J connectivity index is 2.67. The van der Waals surface area contributed by atoms with E-state index in [9.17, 15) is 9.36 Å². The van der Waals surface area contributed by atoms with Gasteiger partial charge in [0, 0.05) is 6.42 Å². The third-order valence-corrected chi connectivity index (χ3v) is 4.11. The number of alkyl halides is 1. The minimum atomic E-state index is -4.46. The van der Waals surface area contributed by atoms with Crippen LogP contribution in [0.4, 0.5) is 0 Å². The highest BCUT2D eigenvalue weighted by molar-refractivity contribution is 8.07. The van der Waals surface area contributed by atoms with Crippen molar-refractivity contribution in [3.8, 4) is 0 Å². The van der Waals surface area contributed by atoms with Crippen LogP contribution in [0.5, 0.6) is 0 Å². The lowest BCUT2D eigenvalue weighted by atomic mass is 10.4. The van der Waals surface area contributed by atoms with Crippen LogP contribution in [0, 0.1) is 0 Å². The molecule has 1 atom stereocenters.